The average molecular weight is 311 g/mol. The third kappa shape index (κ3) is 2.67. The fraction of sp³-hybridized carbons (Fsp3) is 0.176. The van der Waals surface area contributed by atoms with Gasteiger partial charge in [-0.1, -0.05) is 41.6 Å². The molecular weight excluding hydrogens is 294 g/mol. The van der Waals surface area contributed by atoms with Crippen molar-refractivity contribution >= 4 is 23.5 Å². The highest BCUT2D eigenvalue weighted by Crippen LogP contribution is 2.22. The Morgan fingerprint density at radius 3 is 2.68 bits per heavy atom. The first-order chi connectivity index (χ1) is 10.7. The minimum absolute atomic E-state index is 0.734. The van der Waals surface area contributed by atoms with Crippen LogP contribution >= 0.6 is 11.3 Å². The Kier molecular flexibility index (Phi) is 4.06. The number of hydrogen-bond donors (Lipinski definition) is 0. The summed E-state index contributed by atoms with van der Waals surface area (Å²) in [7, 11) is 1.80. The molecule has 0 N–H and O–H groups in total. The van der Waals surface area contributed by atoms with Gasteiger partial charge in [0.05, 0.1) is 0 Å². The number of aromatic nitrogens is 2. The summed E-state index contributed by atoms with van der Waals surface area (Å²) in [6.45, 7) is 4.00. The maximum atomic E-state index is 5.50. The summed E-state index contributed by atoms with van der Waals surface area (Å²) in [5.41, 5.74) is 4.04. The average Bonchev–Trinajstić information content (AvgIpc) is 3.08. The molecule has 2 heterocycles. The van der Waals surface area contributed by atoms with Gasteiger partial charge >= 0.3 is 0 Å². The molecule has 0 bridgehead atoms. The minimum atomic E-state index is 0.734. The van der Waals surface area contributed by atoms with Crippen molar-refractivity contribution in [2.75, 3.05) is 7.05 Å². The van der Waals surface area contributed by atoms with E-state index in [2.05, 4.69) is 39.2 Å². The monoisotopic (exact) mass is 311 g/mol. The third-order valence-electron chi connectivity index (χ3n) is 3.38. The number of rotatable bonds is 3. The molecule has 4 nitrogen and oxygen atoms in total. The van der Waals surface area contributed by atoms with Crippen molar-refractivity contribution in [2.24, 2.45) is 4.99 Å². The van der Waals surface area contributed by atoms with Crippen molar-refractivity contribution in [3.8, 4) is 5.69 Å². The Bertz CT molecular complexity index is 869. The predicted octanol–water partition coefficient (Wildman–Crippen LogP) is 3.84. The highest BCUT2D eigenvalue weighted by atomic mass is 32.1. The number of thiazole rings is 1. The highest BCUT2D eigenvalue weighted by molar-refractivity contribution is 7.07. The Morgan fingerprint density at radius 2 is 1.95 bits per heavy atom. The lowest BCUT2D eigenvalue weighted by atomic mass is 10.2. The van der Waals surface area contributed by atoms with Crippen molar-refractivity contribution in [3.63, 3.8) is 0 Å². The molecule has 0 saturated heterocycles. The van der Waals surface area contributed by atoms with E-state index in [1.807, 2.05) is 37.3 Å². The van der Waals surface area contributed by atoms with Crippen LogP contribution in [0.5, 0.6) is 0 Å². The van der Waals surface area contributed by atoms with Crippen molar-refractivity contribution in [1.82, 2.24) is 9.72 Å². The van der Waals surface area contributed by atoms with E-state index in [4.69, 9.17) is 4.52 Å². The van der Waals surface area contributed by atoms with Crippen LogP contribution in [0.15, 0.2) is 45.2 Å². The normalized spacial score (nSPS) is 12.4. The van der Waals surface area contributed by atoms with E-state index >= 15 is 0 Å². The molecule has 0 amide bonds. The molecule has 0 radical (unpaired) electrons. The fourth-order valence-corrected chi connectivity index (χ4v) is 3.15. The molecule has 0 aliphatic rings. The summed E-state index contributed by atoms with van der Waals surface area (Å²) < 4.78 is 7.59. The molecule has 0 atom stereocenters. The van der Waals surface area contributed by atoms with E-state index in [0.29, 0.717) is 0 Å². The first-order valence-electron chi connectivity index (χ1n) is 7.00. The standard InChI is InChI=1S/C17H17N3OS/c1-12-11-22-17(18-3)20(12)16-13(2)19-21-15(16)10-9-14-7-5-4-6-8-14/h4-11H,1-3H3/b10-9+,18-17?. The van der Waals surface area contributed by atoms with Gasteiger partial charge in [-0.15, -0.1) is 11.3 Å². The molecule has 2 aromatic heterocycles. The zero-order chi connectivity index (χ0) is 15.5. The van der Waals surface area contributed by atoms with Gasteiger partial charge in [0.1, 0.15) is 11.4 Å². The van der Waals surface area contributed by atoms with E-state index in [0.717, 1.165) is 33.2 Å². The molecule has 22 heavy (non-hydrogen) atoms. The molecule has 3 aromatic rings. The highest BCUT2D eigenvalue weighted by Gasteiger charge is 2.15. The molecule has 0 fully saturated rings. The second-order valence-corrected chi connectivity index (χ2v) is 5.78. The topological polar surface area (TPSA) is 43.3 Å². The maximum absolute atomic E-state index is 5.50. The van der Waals surface area contributed by atoms with Crippen LogP contribution in [-0.2, 0) is 0 Å². The van der Waals surface area contributed by atoms with E-state index in [9.17, 15) is 0 Å². The smallest absolute Gasteiger partial charge is 0.189 e. The minimum Gasteiger partial charge on any atom is -0.354 e. The van der Waals surface area contributed by atoms with Crippen LogP contribution in [0.1, 0.15) is 22.7 Å². The molecule has 3 rings (SSSR count). The number of benzene rings is 1. The Morgan fingerprint density at radius 1 is 1.18 bits per heavy atom. The molecule has 112 valence electrons. The van der Waals surface area contributed by atoms with Gasteiger partial charge in [-0.2, -0.15) is 0 Å². The summed E-state index contributed by atoms with van der Waals surface area (Å²) in [5, 5.41) is 6.20. The van der Waals surface area contributed by atoms with Crippen LogP contribution in [0, 0.1) is 13.8 Å². The Balaban J connectivity index is 2.09. The van der Waals surface area contributed by atoms with Gasteiger partial charge in [0.15, 0.2) is 10.6 Å². The first-order valence-corrected chi connectivity index (χ1v) is 7.88. The summed E-state index contributed by atoms with van der Waals surface area (Å²) in [6.07, 6.45) is 3.97. The molecule has 5 heteroatoms. The number of hydrogen-bond acceptors (Lipinski definition) is 4. The summed E-state index contributed by atoms with van der Waals surface area (Å²) in [6, 6.07) is 10.1. The van der Waals surface area contributed by atoms with Crippen molar-refractivity contribution in [1.29, 1.82) is 0 Å². The number of nitrogens with zero attached hydrogens (tertiary/aromatic N) is 3. The van der Waals surface area contributed by atoms with E-state index in [1.54, 1.807) is 18.4 Å². The van der Waals surface area contributed by atoms with E-state index in [1.165, 1.54) is 0 Å². The molecule has 1 aromatic carbocycles. The lowest BCUT2D eigenvalue weighted by Gasteiger charge is -2.04. The summed E-state index contributed by atoms with van der Waals surface area (Å²) >= 11 is 1.61. The van der Waals surface area contributed by atoms with Gasteiger partial charge in [-0.3, -0.25) is 9.56 Å². The van der Waals surface area contributed by atoms with Crippen LogP contribution in [0.25, 0.3) is 17.8 Å². The number of aryl methyl sites for hydroxylation is 2. The van der Waals surface area contributed by atoms with Crippen molar-refractivity contribution in [2.45, 2.75) is 13.8 Å². The zero-order valence-electron chi connectivity index (χ0n) is 12.8. The fourth-order valence-electron chi connectivity index (χ4n) is 2.32. The van der Waals surface area contributed by atoms with Crippen LogP contribution in [0.4, 0.5) is 0 Å². The molecule has 0 spiro atoms. The van der Waals surface area contributed by atoms with Gasteiger partial charge < -0.3 is 4.52 Å². The van der Waals surface area contributed by atoms with Crippen LogP contribution in [0.2, 0.25) is 0 Å². The molecule has 0 unspecified atom stereocenters. The summed E-state index contributed by atoms with van der Waals surface area (Å²) in [5.74, 6) is 0.734. The van der Waals surface area contributed by atoms with Gasteiger partial charge in [-0.25, -0.2) is 0 Å². The molecule has 0 saturated carbocycles. The van der Waals surface area contributed by atoms with E-state index < -0.39 is 0 Å². The van der Waals surface area contributed by atoms with Crippen molar-refractivity contribution < 1.29 is 4.52 Å². The Labute approximate surface area is 133 Å². The van der Waals surface area contributed by atoms with Crippen LogP contribution in [-0.4, -0.2) is 16.8 Å². The second-order valence-electron chi connectivity index (χ2n) is 4.94. The molecular formula is C17H17N3OS. The van der Waals surface area contributed by atoms with Gasteiger partial charge in [0.25, 0.3) is 0 Å². The Hall–Kier alpha value is -2.40. The molecule has 0 aliphatic carbocycles. The maximum Gasteiger partial charge on any atom is 0.189 e. The van der Waals surface area contributed by atoms with Crippen LogP contribution in [0.3, 0.4) is 0 Å². The lowest BCUT2D eigenvalue weighted by molar-refractivity contribution is 0.408. The van der Waals surface area contributed by atoms with Gasteiger partial charge in [0.2, 0.25) is 0 Å². The zero-order valence-corrected chi connectivity index (χ0v) is 13.6. The SMILES string of the molecule is CN=c1scc(C)n1-c1c(C)noc1/C=C/c1ccccc1. The van der Waals surface area contributed by atoms with Gasteiger partial charge in [0, 0.05) is 18.1 Å². The second kappa shape index (κ2) is 6.15. The largest absolute Gasteiger partial charge is 0.354 e. The van der Waals surface area contributed by atoms with E-state index in [-0.39, 0.29) is 0 Å². The molecule has 0 aliphatic heterocycles. The van der Waals surface area contributed by atoms with Crippen LogP contribution < -0.4 is 4.80 Å². The lowest BCUT2D eigenvalue weighted by Crippen LogP contribution is -2.15. The first kappa shape index (κ1) is 14.5. The predicted molar refractivity (Wildman–Crippen MR) is 90.0 cm³/mol. The quantitative estimate of drug-likeness (QED) is 0.737. The van der Waals surface area contributed by atoms with Gasteiger partial charge in [-0.05, 0) is 25.5 Å². The summed E-state index contributed by atoms with van der Waals surface area (Å²) in [4.78, 5) is 5.26. The third-order valence-corrected chi connectivity index (χ3v) is 4.41. The van der Waals surface area contributed by atoms with Crippen molar-refractivity contribution in [3.05, 3.63) is 63.2 Å².